The summed E-state index contributed by atoms with van der Waals surface area (Å²) in [7, 11) is 1.99. The maximum Gasteiger partial charge on any atom is 0.414 e. The van der Waals surface area contributed by atoms with Crippen molar-refractivity contribution in [2.24, 2.45) is 5.92 Å². The fraction of sp³-hybridized carbons (Fsp3) is 1.00. The molecule has 0 radical (unpaired) electrons. The van der Waals surface area contributed by atoms with Crippen molar-refractivity contribution in [2.45, 2.75) is 78.5 Å². The van der Waals surface area contributed by atoms with Gasteiger partial charge in [0.2, 0.25) is 0 Å². The molecule has 0 aliphatic carbocycles. The third-order valence-electron chi connectivity index (χ3n) is 4.24. The average molecular weight is 402 g/mol. The van der Waals surface area contributed by atoms with Crippen LogP contribution in [0.1, 0.15) is 66.2 Å². The van der Waals surface area contributed by atoms with Gasteiger partial charge in [0.05, 0.1) is 13.2 Å². The van der Waals surface area contributed by atoms with Crippen molar-refractivity contribution in [2.75, 3.05) is 46.6 Å². The summed E-state index contributed by atoms with van der Waals surface area (Å²) in [6.45, 7) is 10.5. The molecule has 1 unspecified atom stereocenters. The number of rotatable bonds is 11. The van der Waals surface area contributed by atoms with E-state index in [0.29, 0.717) is 6.61 Å². The number of ether oxygens (including phenoxy) is 2. The summed E-state index contributed by atoms with van der Waals surface area (Å²) in [6, 6.07) is 0. The molecule has 1 aliphatic heterocycles. The molecule has 7 heteroatoms. The number of hydrogen-bond acceptors (Lipinski definition) is 4. The highest BCUT2D eigenvalue weighted by atomic mass is 19.4. The van der Waals surface area contributed by atoms with E-state index >= 15 is 0 Å². The van der Waals surface area contributed by atoms with Gasteiger partial charge in [-0.2, -0.15) is 13.2 Å². The molecule has 0 bridgehead atoms. The van der Waals surface area contributed by atoms with E-state index in [0.717, 1.165) is 45.2 Å². The molecular formula is C20H42F3NO3. The first kappa shape index (κ1) is 28.8. The van der Waals surface area contributed by atoms with Crippen LogP contribution in [0.15, 0.2) is 0 Å². The summed E-state index contributed by atoms with van der Waals surface area (Å²) in [5.74, 6) is 0.0808. The Kier molecular flexibility index (Phi) is 20.3. The van der Waals surface area contributed by atoms with E-state index in [1.807, 2.05) is 34.7 Å². The normalized spacial score (nSPS) is 16.8. The summed E-state index contributed by atoms with van der Waals surface area (Å²) in [5, 5.41) is 8.62. The van der Waals surface area contributed by atoms with Crippen LogP contribution in [0.4, 0.5) is 13.2 Å². The van der Waals surface area contributed by atoms with Gasteiger partial charge in [-0.1, -0.05) is 27.7 Å². The molecule has 1 saturated heterocycles. The summed E-state index contributed by atoms with van der Waals surface area (Å²) in [5.41, 5.74) is 0. The molecule has 27 heavy (non-hydrogen) atoms. The first-order valence-corrected chi connectivity index (χ1v) is 10.5. The van der Waals surface area contributed by atoms with Crippen molar-refractivity contribution in [1.82, 2.24) is 4.90 Å². The molecular weight excluding hydrogens is 359 g/mol. The van der Waals surface area contributed by atoms with Crippen molar-refractivity contribution < 1.29 is 27.8 Å². The number of halogens is 3. The summed E-state index contributed by atoms with van der Waals surface area (Å²) >= 11 is 0. The van der Waals surface area contributed by atoms with Crippen molar-refractivity contribution in [3.63, 3.8) is 0 Å². The van der Waals surface area contributed by atoms with Crippen LogP contribution in [0.2, 0.25) is 0 Å². The number of unbranched alkanes of at least 4 members (excludes halogenated alkanes) is 2. The predicted molar refractivity (Wildman–Crippen MR) is 105 cm³/mol. The van der Waals surface area contributed by atoms with Crippen molar-refractivity contribution in [3.8, 4) is 0 Å². The monoisotopic (exact) mass is 401 g/mol. The zero-order chi connectivity index (χ0) is 21.1. The Morgan fingerprint density at radius 3 is 2.07 bits per heavy atom. The molecule has 166 valence electrons. The van der Waals surface area contributed by atoms with Crippen molar-refractivity contribution in [1.29, 1.82) is 0 Å². The number of piperidine rings is 1. The highest BCUT2D eigenvalue weighted by molar-refractivity contribution is 4.77. The second kappa shape index (κ2) is 19.0. The lowest BCUT2D eigenvalue weighted by atomic mass is 9.91. The minimum Gasteiger partial charge on any atom is -0.396 e. The van der Waals surface area contributed by atoms with E-state index in [9.17, 15) is 13.2 Å². The molecule has 1 rings (SSSR count). The maximum absolute atomic E-state index is 13.1. The largest absolute Gasteiger partial charge is 0.414 e. The Hall–Kier alpha value is -0.370. The van der Waals surface area contributed by atoms with Crippen LogP contribution in [-0.4, -0.2) is 68.9 Å². The summed E-state index contributed by atoms with van der Waals surface area (Å²) in [6.07, 6.45) is -1.96. The molecule has 0 spiro atoms. The van der Waals surface area contributed by atoms with Gasteiger partial charge in [0, 0.05) is 13.2 Å². The number of aliphatic hydroxyl groups excluding tert-OH is 1. The molecule has 0 aromatic rings. The van der Waals surface area contributed by atoms with Gasteiger partial charge in [-0.05, 0) is 64.6 Å². The molecule has 1 N–H and O–H groups in total. The van der Waals surface area contributed by atoms with E-state index in [-0.39, 0.29) is 32.2 Å². The fourth-order valence-corrected chi connectivity index (χ4v) is 2.74. The van der Waals surface area contributed by atoms with Crippen LogP contribution in [0, 0.1) is 5.92 Å². The minimum atomic E-state index is -4.32. The van der Waals surface area contributed by atoms with Crippen LogP contribution in [0.25, 0.3) is 0 Å². The Labute approximate surface area is 164 Å². The Bertz CT molecular complexity index is 297. The maximum atomic E-state index is 13.1. The smallest absolute Gasteiger partial charge is 0.396 e. The lowest BCUT2D eigenvalue weighted by Crippen LogP contribution is -2.38. The van der Waals surface area contributed by atoms with E-state index in [2.05, 4.69) is 4.90 Å². The number of likely N-dealkylation sites (tertiary alicyclic amines) is 1. The van der Waals surface area contributed by atoms with Gasteiger partial charge in [0.15, 0.2) is 6.10 Å². The zero-order valence-corrected chi connectivity index (χ0v) is 18.0. The van der Waals surface area contributed by atoms with Gasteiger partial charge in [-0.25, -0.2) is 0 Å². The SMILES string of the molecule is CC.CC.CN1CCC(CC(OCCOCCCCCO)C(F)(F)F)CC1. The van der Waals surface area contributed by atoms with Crippen molar-refractivity contribution in [3.05, 3.63) is 0 Å². The number of aliphatic hydroxyl groups is 1. The molecule has 0 aromatic heterocycles. The second-order valence-corrected chi connectivity index (χ2v) is 6.28. The molecule has 1 aliphatic rings. The highest BCUT2D eigenvalue weighted by Crippen LogP contribution is 2.31. The van der Waals surface area contributed by atoms with Crippen LogP contribution >= 0.6 is 0 Å². The Balaban J connectivity index is 0. The number of alkyl halides is 3. The molecule has 1 atom stereocenters. The van der Waals surface area contributed by atoms with Gasteiger partial charge < -0.3 is 19.5 Å². The predicted octanol–water partition coefficient (Wildman–Crippen LogP) is 4.90. The van der Waals surface area contributed by atoms with Gasteiger partial charge in [-0.15, -0.1) is 0 Å². The first-order valence-electron chi connectivity index (χ1n) is 10.5. The Morgan fingerprint density at radius 1 is 0.963 bits per heavy atom. The molecule has 0 amide bonds. The summed E-state index contributed by atoms with van der Waals surface area (Å²) in [4.78, 5) is 2.14. The van der Waals surface area contributed by atoms with Crippen LogP contribution in [-0.2, 0) is 9.47 Å². The van der Waals surface area contributed by atoms with E-state index in [1.165, 1.54) is 0 Å². The van der Waals surface area contributed by atoms with Crippen molar-refractivity contribution >= 4 is 0 Å². The topological polar surface area (TPSA) is 41.9 Å². The van der Waals surface area contributed by atoms with Gasteiger partial charge in [0.1, 0.15) is 0 Å². The molecule has 4 nitrogen and oxygen atoms in total. The van der Waals surface area contributed by atoms with Crippen LogP contribution in [0.5, 0.6) is 0 Å². The first-order chi connectivity index (χ1) is 12.9. The van der Waals surface area contributed by atoms with Gasteiger partial charge in [0.25, 0.3) is 0 Å². The van der Waals surface area contributed by atoms with Gasteiger partial charge in [-0.3, -0.25) is 0 Å². The molecule has 0 aromatic carbocycles. The van der Waals surface area contributed by atoms with Crippen LogP contribution in [0.3, 0.4) is 0 Å². The second-order valence-electron chi connectivity index (χ2n) is 6.28. The molecule has 1 heterocycles. The van der Waals surface area contributed by atoms with E-state index < -0.39 is 12.3 Å². The molecule has 1 fully saturated rings. The Morgan fingerprint density at radius 2 is 1.56 bits per heavy atom. The van der Waals surface area contributed by atoms with Gasteiger partial charge >= 0.3 is 6.18 Å². The standard InChI is InChI=1S/C16H30F3NO3.2C2H6/c1-20-7-5-14(6-8-20)13-15(16(17,18)19)23-12-11-22-10-4-2-3-9-21;2*1-2/h14-15,21H,2-13H2,1H3;2*1-2H3. The lowest BCUT2D eigenvalue weighted by Gasteiger charge is -2.32. The zero-order valence-electron chi connectivity index (χ0n) is 18.0. The summed E-state index contributed by atoms with van der Waals surface area (Å²) < 4.78 is 49.5. The number of nitrogens with zero attached hydrogens (tertiary/aromatic N) is 1. The number of hydrogen-bond donors (Lipinski definition) is 1. The highest BCUT2D eigenvalue weighted by Gasteiger charge is 2.42. The van der Waals surface area contributed by atoms with E-state index in [1.54, 1.807) is 0 Å². The average Bonchev–Trinajstić information content (AvgIpc) is 2.67. The van der Waals surface area contributed by atoms with Crippen LogP contribution < -0.4 is 0 Å². The third kappa shape index (κ3) is 16.3. The fourth-order valence-electron chi connectivity index (χ4n) is 2.74. The lowest BCUT2D eigenvalue weighted by molar-refractivity contribution is -0.228. The third-order valence-corrected chi connectivity index (χ3v) is 4.24. The minimum absolute atomic E-state index is 0.0310. The molecule has 0 saturated carbocycles. The van der Waals surface area contributed by atoms with E-state index in [4.69, 9.17) is 14.6 Å². The quantitative estimate of drug-likeness (QED) is 0.500.